The van der Waals surface area contributed by atoms with Crippen molar-refractivity contribution in [3.63, 3.8) is 0 Å². The summed E-state index contributed by atoms with van der Waals surface area (Å²) < 4.78 is 29.0. The number of halogens is 2. The molecular weight excluding hydrogens is 366 g/mol. The zero-order valence-corrected chi connectivity index (χ0v) is 13.6. The fourth-order valence-corrected chi connectivity index (χ4v) is 2.62. The van der Waals surface area contributed by atoms with Crippen LogP contribution in [0.25, 0.3) is 0 Å². The molecule has 0 bridgehead atoms. The number of aryl methyl sites for hydroxylation is 1. The molecule has 0 saturated carbocycles. The molecule has 7 heteroatoms. The lowest BCUT2D eigenvalue weighted by Gasteiger charge is -2.09. The van der Waals surface area contributed by atoms with Gasteiger partial charge in [-0.3, -0.25) is 0 Å². The van der Waals surface area contributed by atoms with Gasteiger partial charge in [0.1, 0.15) is 11.5 Å². The van der Waals surface area contributed by atoms with Crippen molar-refractivity contribution >= 4 is 37.6 Å². The second-order valence-electron chi connectivity index (χ2n) is 4.15. The van der Waals surface area contributed by atoms with Crippen molar-refractivity contribution in [2.75, 3.05) is 0 Å². The number of hydrogen-bond donors (Lipinski definition) is 1. The van der Waals surface area contributed by atoms with Crippen molar-refractivity contribution in [1.82, 2.24) is 0 Å². The predicted molar refractivity (Wildman–Crippen MR) is 81.8 cm³/mol. The Morgan fingerprint density at radius 3 is 2.45 bits per heavy atom. The summed E-state index contributed by atoms with van der Waals surface area (Å²) in [4.78, 5) is -0.0539. The summed E-state index contributed by atoms with van der Waals surface area (Å²) in [5.74, 6) is 0.969. The van der Waals surface area contributed by atoms with E-state index < -0.39 is 10.0 Å². The van der Waals surface area contributed by atoms with Gasteiger partial charge in [0.2, 0.25) is 10.0 Å². The topological polar surface area (TPSA) is 69.4 Å². The molecular formula is C13H11BrClNO3S. The van der Waals surface area contributed by atoms with E-state index in [4.69, 9.17) is 21.5 Å². The van der Waals surface area contributed by atoms with Crippen LogP contribution in [-0.4, -0.2) is 8.42 Å². The molecule has 0 aliphatic carbocycles. The van der Waals surface area contributed by atoms with E-state index >= 15 is 0 Å². The maximum atomic E-state index is 11.2. The summed E-state index contributed by atoms with van der Waals surface area (Å²) in [5, 5.41) is 5.21. The minimum atomic E-state index is -3.77. The summed E-state index contributed by atoms with van der Waals surface area (Å²) in [6.07, 6.45) is 0. The molecule has 0 heterocycles. The molecule has 0 atom stereocenters. The van der Waals surface area contributed by atoms with Gasteiger partial charge in [-0.2, -0.15) is 0 Å². The highest BCUT2D eigenvalue weighted by molar-refractivity contribution is 9.10. The van der Waals surface area contributed by atoms with Gasteiger partial charge in [0.15, 0.2) is 0 Å². The van der Waals surface area contributed by atoms with E-state index in [0.717, 1.165) is 10.0 Å². The van der Waals surface area contributed by atoms with Crippen LogP contribution in [0.5, 0.6) is 11.5 Å². The maximum Gasteiger partial charge on any atom is 0.238 e. The summed E-state index contributed by atoms with van der Waals surface area (Å²) in [6.45, 7) is 1.93. The van der Waals surface area contributed by atoms with Gasteiger partial charge in [0, 0.05) is 4.47 Å². The normalized spacial score (nSPS) is 11.4. The van der Waals surface area contributed by atoms with Crippen LogP contribution in [0.15, 0.2) is 45.8 Å². The van der Waals surface area contributed by atoms with Crippen molar-refractivity contribution in [2.24, 2.45) is 5.14 Å². The van der Waals surface area contributed by atoms with Gasteiger partial charge < -0.3 is 4.74 Å². The van der Waals surface area contributed by atoms with Crippen LogP contribution in [0.4, 0.5) is 0 Å². The van der Waals surface area contributed by atoms with E-state index in [2.05, 4.69) is 15.9 Å². The molecule has 0 aromatic heterocycles. The molecule has 0 aliphatic rings. The third-order valence-corrected chi connectivity index (χ3v) is 4.69. The summed E-state index contributed by atoms with van der Waals surface area (Å²) >= 11 is 9.40. The largest absolute Gasteiger partial charge is 0.456 e. The van der Waals surface area contributed by atoms with Crippen molar-refractivity contribution in [3.8, 4) is 11.5 Å². The monoisotopic (exact) mass is 375 g/mol. The second kappa shape index (κ2) is 5.73. The molecule has 0 saturated heterocycles. The molecule has 2 N–H and O–H groups in total. The molecule has 106 valence electrons. The molecule has 0 aliphatic heterocycles. The Bertz CT molecular complexity index is 762. The van der Waals surface area contributed by atoms with Gasteiger partial charge in [-0.1, -0.05) is 27.5 Å². The first-order chi connectivity index (χ1) is 9.27. The lowest BCUT2D eigenvalue weighted by Crippen LogP contribution is -2.11. The predicted octanol–water partition coefficient (Wildman–Crippen LogP) is 3.85. The molecule has 0 fully saturated rings. The molecule has 0 spiro atoms. The van der Waals surface area contributed by atoms with E-state index in [-0.39, 0.29) is 9.92 Å². The van der Waals surface area contributed by atoms with Gasteiger partial charge in [0.25, 0.3) is 0 Å². The first-order valence-electron chi connectivity index (χ1n) is 5.54. The third-order valence-electron chi connectivity index (χ3n) is 2.59. The quantitative estimate of drug-likeness (QED) is 0.884. The maximum absolute atomic E-state index is 11.2. The summed E-state index contributed by atoms with van der Waals surface area (Å²) in [5.41, 5.74) is 1.01. The summed E-state index contributed by atoms with van der Waals surface area (Å²) in [7, 11) is -3.77. The lowest BCUT2D eigenvalue weighted by atomic mass is 10.2. The molecule has 2 rings (SSSR count). The van der Waals surface area contributed by atoms with Crippen LogP contribution in [-0.2, 0) is 10.0 Å². The Kier molecular flexibility index (Phi) is 4.39. The highest BCUT2D eigenvalue weighted by Crippen LogP contribution is 2.32. The summed E-state index contributed by atoms with van der Waals surface area (Å²) in [6, 6.07) is 9.56. The fourth-order valence-electron chi connectivity index (χ4n) is 1.55. The van der Waals surface area contributed by atoms with Crippen molar-refractivity contribution in [1.29, 1.82) is 0 Å². The highest BCUT2D eigenvalue weighted by Gasteiger charge is 2.12. The number of rotatable bonds is 3. The van der Waals surface area contributed by atoms with Gasteiger partial charge >= 0.3 is 0 Å². The number of benzene rings is 2. The highest BCUT2D eigenvalue weighted by atomic mass is 79.9. The van der Waals surface area contributed by atoms with Crippen LogP contribution >= 0.6 is 27.5 Å². The number of ether oxygens (including phenoxy) is 1. The van der Waals surface area contributed by atoms with E-state index in [1.165, 1.54) is 18.2 Å². The van der Waals surface area contributed by atoms with E-state index in [0.29, 0.717) is 11.5 Å². The zero-order chi connectivity index (χ0) is 14.9. The van der Waals surface area contributed by atoms with Crippen molar-refractivity contribution in [3.05, 3.63) is 51.5 Å². The molecule has 0 amide bonds. The van der Waals surface area contributed by atoms with Gasteiger partial charge in [0.05, 0.1) is 9.92 Å². The van der Waals surface area contributed by atoms with E-state index in [1.807, 2.05) is 19.1 Å². The molecule has 20 heavy (non-hydrogen) atoms. The Labute approximate surface area is 130 Å². The molecule has 0 radical (unpaired) electrons. The zero-order valence-electron chi connectivity index (χ0n) is 10.4. The van der Waals surface area contributed by atoms with Gasteiger partial charge in [-0.05, 0) is 48.9 Å². The van der Waals surface area contributed by atoms with Crippen LogP contribution in [0, 0.1) is 6.92 Å². The van der Waals surface area contributed by atoms with Gasteiger partial charge in [-0.25, -0.2) is 13.6 Å². The lowest BCUT2D eigenvalue weighted by molar-refractivity contribution is 0.482. The molecule has 4 nitrogen and oxygen atoms in total. The van der Waals surface area contributed by atoms with Crippen LogP contribution in [0.2, 0.25) is 5.02 Å². The van der Waals surface area contributed by atoms with Crippen LogP contribution in [0.3, 0.4) is 0 Å². The Morgan fingerprint density at radius 1 is 1.20 bits per heavy atom. The molecule has 2 aromatic rings. The van der Waals surface area contributed by atoms with E-state index in [9.17, 15) is 8.42 Å². The number of sulfonamides is 1. The standard InChI is InChI=1S/C13H11BrClNO3S/c1-8-6-9(2-4-11(8)14)19-13-5-3-10(7-12(13)15)20(16,17)18/h2-7H,1H3,(H2,16,17,18). The van der Waals surface area contributed by atoms with Crippen molar-refractivity contribution < 1.29 is 13.2 Å². The fraction of sp³-hybridized carbons (Fsp3) is 0.0769. The number of nitrogens with two attached hydrogens (primary N) is 1. The SMILES string of the molecule is Cc1cc(Oc2ccc(S(N)(=O)=O)cc2Cl)ccc1Br. The Morgan fingerprint density at radius 2 is 1.90 bits per heavy atom. The number of hydrogen-bond acceptors (Lipinski definition) is 3. The first-order valence-corrected chi connectivity index (χ1v) is 8.25. The van der Waals surface area contributed by atoms with Crippen LogP contribution < -0.4 is 9.88 Å². The minimum absolute atomic E-state index is 0.0539. The minimum Gasteiger partial charge on any atom is -0.456 e. The van der Waals surface area contributed by atoms with Gasteiger partial charge in [-0.15, -0.1) is 0 Å². The van der Waals surface area contributed by atoms with Crippen molar-refractivity contribution in [2.45, 2.75) is 11.8 Å². The third kappa shape index (κ3) is 3.52. The first kappa shape index (κ1) is 15.3. The smallest absolute Gasteiger partial charge is 0.238 e. The van der Waals surface area contributed by atoms with E-state index in [1.54, 1.807) is 6.07 Å². The Hall–Kier alpha value is -1.08. The molecule has 0 unspecified atom stereocenters. The second-order valence-corrected chi connectivity index (χ2v) is 6.97. The van der Waals surface area contributed by atoms with Crippen LogP contribution in [0.1, 0.15) is 5.56 Å². The Balaban J connectivity index is 2.32. The average Bonchev–Trinajstić information content (AvgIpc) is 2.35. The molecule has 2 aromatic carbocycles. The average molecular weight is 377 g/mol. The number of primary sulfonamides is 1.